The summed E-state index contributed by atoms with van der Waals surface area (Å²) >= 11 is 0. The number of hydrogen-bond donors (Lipinski definition) is 2. The minimum atomic E-state index is -3.60. The van der Waals surface area contributed by atoms with Gasteiger partial charge in [0.25, 0.3) is 0 Å². The Morgan fingerprint density at radius 3 is 2.42 bits per heavy atom. The molecule has 0 spiro atoms. The predicted octanol–water partition coefficient (Wildman–Crippen LogP) is 1.76. The summed E-state index contributed by atoms with van der Waals surface area (Å²) in [4.78, 5) is 28.2. The van der Waals surface area contributed by atoms with Crippen molar-refractivity contribution in [2.45, 2.75) is 50.1 Å². The summed E-state index contributed by atoms with van der Waals surface area (Å²) in [5.74, 6) is -1.44. The Bertz CT molecular complexity index is 994. The van der Waals surface area contributed by atoms with Crippen LogP contribution in [0, 0.1) is 6.92 Å². The Morgan fingerprint density at radius 2 is 1.71 bits per heavy atom. The molecule has 31 heavy (non-hydrogen) atoms. The number of piperidine rings is 1. The molecule has 0 saturated carbocycles. The molecule has 8 nitrogen and oxygen atoms in total. The lowest BCUT2D eigenvalue weighted by Gasteiger charge is -2.34. The molecule has 9 heteroatoms. The molecule has 1 aromatic carbocycles. The van der Waals surface area contributed by atoms with Crippen molar-refractivity contribution in [1.82, 2.24) is 19.9 Å². The van der Waals surface area contributed by atoms with E-state index in [2.05, 4.69) is 15.6 Å². The van der Waals surface area contributed by atoms with Crippen molar-refractivity contribution in [2.24, 2.45) is 0 Å². The highest BCUT2D eigenvalue weighted by atomic mass is 32.2. The number of amides is 2. The van der Waals surface area contributed by atoms with Gasteiger partial charge in [-0.15, -0.1) is 0 Å². The molecule has 166 valence electrons. The minimum Gasteiger partial charge on any atom is -0.348 e. The van der Waals surface area contributed by atoms with E-state index in [0.29, 0.717) is 13.0 Å². The van der Waals surface area contributed by atoms with Gasteiger partial charge >= 0.3 is 11.8 Å². The first-order chi connectivity index (χ1) is 14.9. The number of nitrogens with zero attached hydrogens (tertiary/aromatic N) is 2. The fourth-order valence-corrected chi connectivity index (χ4v) is 5.34. The van der Waals surface area contributed by atoms with Crippen molar-refractivity contribution in [3.8, 4) is 0 Å². The lowest BCUT2D eigenvalue weighted by molar-refractivity contribution is -0.139. The average Bonchev–Trinajstić information content (AvgIpc) is 2.78. The lowest BCUT2D eigenvalue weighted by atomic mass is 10.0. The topological polar surface area (TPSA) is 108 Å². The molecule has 3 rings (SSSR count). The van der Waals surface area contributed by atoms with Gasteiger partial charge in [0.05, 0.1) is 4.90 Å². The number of rotatable bonds is 7. The van der Waals surface area contributed by atoms with Crippen molar-refractivity contribution < 1.29 is 18.0 Å². The second-order valence-corrected chi connectivity index (χ2v) is 9.55. The molecule has 0 aliphatic carbocycles. The van der Waals surface area contributed by atoms with Crippen molar-refractivity contribution in [1.29, 1.82) is 0 Å². The van der Waals surface area contributed by atoms with E-state index in [1.54, 1.807) is 48.8 Å². The first-order valence-electron chi connectivity index (χ1n) is 10.4. The highest BCUT2D eigenvalue weighted by Crippen LogP contribution is 2.27. The Kier molecular flexibility index (Phi) is 7.75. The van der Waals surface area contributed by atoms with Gasteiger partial charge < -0.3 is 10.6 Å². The van der Waals surface area contributed by atoms with Crippen LogP contribution in [0.25, 0.3) is 0 Å². The lowest BCUT2D eigenvalue weighted by Crippen LogP contribution is -2.46. The maximum atomic E-state index is 13.1. The number of sulfonamides is 1. The quantitative estimate of drug-likeness (QED) is 0.633. The van der Waals surface area contributed by atoms with E-state index in [4.69, 9.17) is 0 Å². The van der Waals surface area contributed by atoms with Crippen LogP contribution in [-0.4, -0.2) is 48.7 Å². The van der Waals surface area contributed by atoms with Crippen LogP contribution in [0.1, 0.15) is 36.8 Å². The normalized spacial score (nSPS) is 17.1. The largest absolute Gasteiger partial charge is 0.348 e. The van der Waals surface area contributed by atoms with Crippen LogP contribution in [0.4, 0.5) is 0 Å². The first-order valence-corrected chi connectivity index (χ1v) is 11.9. The minimum absolute atomic E-state index is 0.208. The van der Waals surface area contributed by atoms with Gasteiger partial charge in [0.2, 0.25) is 10.0 Å². The van der Waals surface area contributed by atoms with Crippen LogP contribution < -0.4 is 10.6 Å². The molecule has 1 aliphatic heterocycles. The summed E-state index contributed by atoms with van der Waals surface area (Å²) in [6.07, 6.45) is 6.16. The fraction of sp³-hybridized carbons (Fsp3) is 0.409. The molecular weight excluding hydrogens is 416 g/mol. The first kappa shape index (κ1) is 22.9. The molecule has 1 atom stereocenters. The number of carbonyl (C=O) groups excluding carboxylic acids is 2. The molecule has 1 aromatic heterocycles. The molecule has 2 heterocycles. The zero-order chi connectivity index (χ0) is 22.3. The van der Waals surface area contributed by atoms with E-state index in [-0.39, 0.29) is 24.0 Å². The third-order valence-corrected chi connectivity index (χ3v) is 7.34. The Hall–Kier alpha value is -2.78. The molecule has 1 saturated heterocycles. The summed E-state index contributed by atoms with van der Waals surface area (Å²) in [6, 6.07) is 10.1. The van der Waals surface area contributed by atoms with Gasteiger partial charge in [-0.1, -0.05) is 24.1 Å². The van der Waals surface area contributed by atoms with Crippen LogP contribution in [-0.2, 0) is 26.2 Å². The summed E-state index contributed by atoms with van der Waals surface area (Å²) in [5, 5.41) is 5.16. The van der Waals surface area contributed by atoms with Crippen LogP contribution in [0.2, 0.25) is 0 Å². The molecule has 0 unspecified atom stereocenters. The molecule has 2 aromatic rings. The Balaban J connectivity index is 1.52. The maximum absolute atomic E-state index is 13.1. The van der Waals surface area contributed by atoms with Gasteiger partial charge in [0, 0.05) is 38.1 Å². The van der Waals surface area contributed by atoms with E-state index < -0.39 is 21.8 Å². The molecule has 0 bridgehead atoms. The van der Waals surface area contributed by atoms with Gasteiger partial charge in [-0.25, -0.2) is 8.42 Å². The smallest absolute Gasteiger partial charge is 0.309 e. The number of carbonyl (C=O) groups is 2. The number of aromatic nitrogens is 1. The molecule has 1 aliphatic rings. The van der Waals surface area contributed by atoms with E-state index in [1.807, 2.05) is 6.92 Å². The second kappa shape index (κ2) is 10.5. The van der Waals surface area contributed by atoms with Crippen molar-refractivity contribution >= 4 is 21.8 Å². The third kappa shape index (κ3) is 6.11. The summed E-state index contributed by atoms with van der Waals surface area (Å²) < 4.78 is 27.7. The molecule has 2 amide bonds. The standard InChI is InChI=1S/C22H28N4O4S/c1-17-5-7-20(8-6-17)31(29,30)26-15-3-2-4-19(26)11-14-24-21(27)22(28)25-16-18-9-12-23-13-10-18/h5-10,12-13,19H,2-4,11,14-16H2,1H3,(H,24,27)(H,25,28)/t19-/m0/s1. The summed E-state index contributed by atoms with van der Waals surface area (Å²) in [7, 11) is -3.60. The van der Waals surface area contributed by atoms with E-state index in [9.17, 15) is 18.0 Å². The summed E-state index contributed by atoms with van der Waals surface area (Å²) in [5.41, 5.74) is 1.84. The van der Waals surface area contributed by atoms with Gasteiger partial charge in [-0.3, -0.25) is 14.6 Å². The number of aryl methyl sites for hydroxylation is 1. The maximum Gasteiger partial charge on any atom is 0.309 e. The summed E-state index contributed by atoms with van der Waals surface area (Å²) in [6.45, 7) is 2.84. The fourth-order valence-electron chi connectivity index (χ4n) is 3.62. The molecule has 0 radical (unpaired) electrons. The number of pyridine rings is 1. The molecule has 2 N–H and O–H groups in total. The van der Waals surface area contributed by atoms with Crippen molar-refractivity contribution in [3.63, 3.8) is 0 Å². The van der Waals surface area contributed by atoms with Gasteiger partial charge in [-0.2, -0.15) is 4.31 Å². The zero-order valence-electron chi connectivity index (χ0n) is 17.6. The van der Waals surface area contributed by atoms with E-state index in [1.165, 1.54) is 4.31 Å². The highest BCUT2D eigenvalue weighted by Gasteiger charge is 2.33. The monoisotopic (exact) mass is 444 g/mol. The average molecular weight is 445 g/mol. The van der Waals surface area contributed by atoms with Gasteiger partial charge in [0.15, 0.2) is 0 Å². The van der Waals surface area contributed by atoms with E-state index in [0.717, 1.165) is 30.4 Å². The Labute approximate surface area is 183 Å². The van der Waals surface area contributed by atoms with Crippen molar-refractivity contribution in [3.05, 3.63) is 59.9 Å². The SMILES string of the molecule is Cc1ccc(S(=O)(=O)N2CCCC[C@H]2CCNC(=O)C(=O)NCc2ccncc2)cc1. The van der Waals surface area contributed by atoms with Gasteiger partial charge in [0.1, 0.15) is 0 Å². The Morgan fingerprint density at radius 1 is 1.03 bits per heavy atom. The third-order valence-electron chi connectivity index (χ3n) is 5.37. The number of benzene rings is 1. The zero-order valence-corrected chi connectivity index (χ0v) is 18.4. The van der Waals surface area contributed by atoms with Crippen LogP contribution in [0.15, 0.2) is 53.7 Å². The number of nitrogens with one attached hydrogen (secondary N) is 2. The highest BCUT2D eigenvalue weighted by molar-refractivity contribution is 7.89. The van der Waals surface area contributed by atoms with Crippen LogP contribution in [0.3, 0.4) is 0 Å². The van der Waals surface area contributed by atoms with Crippen LogP contribution >= 0.6 is 0 Å². The second-order valence-electron chi connectivity index (χ2n) is 7.66. The van der Waals surface area contributed by atoms with Crippen LogP contribution in [0.5, 0.6) is 0 Å². The predicted molar refractivity (Wildman–Crippen MR) is 116 cm³/mol. The van der Waals surface area contributed by atoms with Crippen molar-refractivity contribution in [2.75, 3.05) is 13.1 Å². The molecular formula is C22H28N4O4S. The number of hydrogen-bond acceptors (Lipinski definition) is 5. The van der Waals surface area contributed by atoms with E-state index >= 15 is 0 Å². The van der Waals surface area contributed by atoms with Gasteiger partial charge in [-0.05, 0) is 56.0 Å². The molecule has 1 fully saturated rings.